The highest BCUT2D eigenvalue weighted by molar-refractivity contribution is 7.09. The molecule has 0 amide bonds. The van der Waals surface area contributed by atoms with Gasteiger partial charge in [0.25, 0.3) is 0 Å². The fourth-order valence-electron chi connectivity index (χ4n) is 1.46. The van der Waals surface area contributed by atoms with Gasteiger partial charge in [-0.25, -0.2) is 0 Å². The van der Waals surface area contributed by atoms with Gasteiger partial charge in [0.05, 0.1) is 6.04 Å². The highest BCUT2D eigenvalue weighted by Crippen LogP contribution is 2.14. The van der Waals surface area contributed by atoms with Gasteiger partial charge in [0.15, 0.2) is 0 Å². The summed E-state index contributed by atoms with van der Waals surface area (Å²) in [5.41, 5.74) is 5.49. The molecule has 15 heavy (non-hydrogen) atoms. The van der Waals surface area contributed by atoms with Crippen molar-refractivity contribution in [3.8, 4) is 0 Å². The molecule has 1 rings (SSSR count). The number of nitrogens with zero attached hydrogens (tertiary/aromatic N) is 1. The third-order valence-corrected chi connectivity index (χ3v) is 3.73. The maximum absolute atomic E-state index is 7.41. The summed E-state index contributed by atoms with van der Waals surface area (Å²) in [6.07, 6.45) is 1.02. The molecule has 1 heterocycles. The predicted octanol–water partition coefficient (Wildman–Crippen LogP) is 1.94. The summed E-state index contributed by atoms with van der Waals surface area (Å²) in [4.78, 5) is 3.52. The number of amidine groups is 1. The zero-order chi connectivity index (χ0) is 11.4. The Labute approximate surface area is 95.4 Å². The number of hydrogen-bond donors (Lipinski definition) is 2. The molecule has 0 aliphatic heterocycles. The van der Waals surface area contributed by atoms with Gasteiger partial charge in [0.1, 0.15) is 5.84 Å². The SMILES string of the molecule is CC(Cc1cccs1)N(C)C(C)C(=N)N. The Morgan fingerprint density at radius 1 is 1.60 bits per heavy atom. The highest BCUT2D eigenvalue weighted by atomic mass is 32.1. The largest absolute Gasteiger partial charge is 0.386 e. The molecule has 4 heteroatoms. The maximum atomic E-state index is 7.41. The van der Waals surface area contributed by atoms with Crippen LogP contribution in [0.3, 0.4) is 0 Å². The fourth-order valence-corrected chi connectivity index (χ4v) is 2.29. The molecule has 0 aliphatic rings. The van der Waals surface area contributed by atoms with E-state index in [-0.39, 0.29) is 11.9 Å². The van der Waals surface area contributed by atoms with Crippen molar-refractivity contribution < 1.29 is 0 Å². The van der Waals surface area contributed by atoms with Crippen molar-refractivity contribution in [2.45, 2.75) is 32.4 Å². The Balaban J connectivity index is 2.53. The van der Waals surface area contributed by atoms with E-state index in [1.54, 1.807) is 11.3 Å². The first-order valence-electron chi connectivity index (χ1n) is 5.10. The lowest BCUT2D eigenvalue weighted by Gasteiger charge is -2.29. The Kier molecular flexibility index (Phi) is 4.29. The van der Waals surface area contributed by atoms with Crippen LogP contribution in [0.25, 0.3) is 0 Å². The number of nitrogens with two attached hydrogens (primary N) is 1. The summed E-state index contributed by atoms with van der Waals surface area (Å²) in [6, 6.07) is 4.64. The Morgan fingerprint density at radius 3 is 2.73 bits per heavy atom. The topological polar surface area (TPSA) is 53.1 Å². The van der Waals surface area contributed by atoms with Crippen LogP contribution >= 0.6 is 11.3 Å². The van der Waals surface area contributed by atoms with Crippen molar-refractivity contribution in [2.75, 3.05) is 7.05 Å². The van der Waals surface area contributed by atoms with Crippen molar-refractivity contribution >= 4 is 17.2 Å². The molecule has 0 bridgehead atoms. The van der Waals surface area contributed by atoms with Crippen LogP contribution < -0.4 is 5.73 Å². The summed E-state index contributed by atoms with van der Waals surface area (Å²) in [5, 5.41) is 9.51. The molecule has 0 fully saturated rings. The van der Waals surface area contributed by atoms with Gasteiger partial charge in [-0.3, -0.25) is 10.3 Å². The van der Waals surface area contributed by atoms with E-state index in [9.17, 15) is 0 Å². The van der Waals surface area contributed by atoms with Crippen LogP contribution in [0.15, 0.2) is 17.5 Å². The zero-order valence-corrected chi connectivity index (χ0v) is 10.3. The van der Waals surface area contributed by atoms with Crippen molar-refractivity contribution in [1.29, 1.82) is 5.41 Å². The molecular weight excluding hydrogens is 206 g/mol. The molecule has 84 valence electrons. The van der Waals surface area contributed by atoms with E-state index < -0.39 is 0 Å². The smallest absolute Gasteiger partial charge is 0.108 e. The van der Waals surface area contributed by atoms with E-state index in [2.05, 4.69) is 29.3 Å². The summed E-state index contributed by atoms with van der Waals surface area (Å²) >= 11 is 1.78. The van der Waals surface area contributed by atoms with Crippen LogP contribution in [0.1, 0.15) is 18.7 Å². The van der Waals surface area contributed by atoms with Crippen LogP contribution in [-0.2, 0) is 6.42 Å². The lowest BCUT2D eigenvalue weighted by Crippen LogP contribution is -2.45. The van der Waals surface area contributed by atoms with Gasteiger partial charge in [-0.2, -0.15) is 0 Å². The second-order valence-corrected chi connectivity index (χ2v) is 4.96. The first-order valence-corrected chi connectivity index (χ1v) is 5.98. The summed E-state index contributed by atoms with van der Waals surface area (Å²) in [7, 11) is 2.02. The quantitative estimate of drug-likeness (QED) is 0.594. The first-order chi connectivity index (χ1) is 7.02. The normalized spacial score (nSPS) is 15.2. The number of likely N-dealkylation sites (N-methyl/N-ethyl adjacent to an activating group) is 1. The zero-order valence-electron chi connectivity index (χ0n) is 9.53. The summed E-state index contributed by atoms with van der Waals surface area (Å²) < 4.78 is 0. The van der Waals surface area contributed by atoms with Crippen molar-refractivity contribution in [3.05, 3.63) is 22.4 Å². The Morgan fingerprint density at radius 2 is 2.27 bits per heavy atom. The standard InChI is InChI=1S/C11H19N3S/c1-8(7-10-5-4-6-15-10)14(3)9(2)11(12)13/h4-6,8-9H,7H2,1-3H3,(H3,12,13). The predicted molar refractivity (Wildman–Crippen MR) is 66.6 cm³/mol. The molecule has 0 spiro atoms. The van der Waals surface area contributed by atoms with E-state index in [1.165, 1.54) is 4.88 Å². The molecule has 0 saturated heterocycles. The van der Waals surface area contributed by atoms with Crippen LogP contribution in [0, 0.1) is 5.41 Å². The van der Waals surface area contributed by atoms with Gasteiger partial charge < -0.3 is 5.73 Å². The molecule has 0 aromatic carbocycles. The number of nitrogens with one attached hydrogen (secondary N) is 1. The molecule has 3 nitrogen and oxygen atoms in total. The molecule has 1 aromatic rings. The van der Waals surface area contributed by atoms with Gasteiger partial charge in [-0.1, -0.05) is 6.07 Å². The number of rotatable bonds is 5. The second kappa shape index (κ2) is 5.28. The van der Waals surface area contributed by atoms with E-state index in [0.29, 0.717) is 6.04 Å². The van der Waals surface area contributed by atoms with E-state index >= 15 is 0 Å². The number of thiophene rings is 1. The molecule has 1 aromatic heterocycles. The van der Waals surface area contributed by atoms with Crippen LogP contribution in [0.2, 0.25) is 0 Å². The Bertz CT molecular complexity index is 308. The lowest BCUT2D eigenvalue weighted by atomic mass is 10.1. The molecule has 2 atom stereocenters. The minimum atomic E-state index is 0.0139. The van der Waals surface area contributed by atoms with Crippen LogP contribution in [0.5, 0.6) is 0 Å². The van der Waals surface area contributed by atoms with E-state index in [0.717, 1.165) is 6.42 Å². The van der Waals surface area contributed by atoms with Crippen molar-refractivity contribution in [3.63, 3.8) is 0 Å². The summed E-state index contributed by atoms with van der Waals surface area (Å²) in [5.74, 6) is 0.232. The minimum absolute atomic E-state index is 0.0139. The van der Waals surface area contributed by atoms with Gasteiger partial charge in [0, 0.05) is 10.9 Å². The molecular formula is C11H19N3S. The first kappa shape index (κ1) is 12.2. The molecule has 0 radical (unpaired) electrons. The van der Waals surface area contributed by atoms with Crippen molar-refractivity contribution in [1.82, 2.24) is 4.90 Å². The molecule has 0 saturated carbocycles. The van der Waals surface area contributed by atoms with Gasteiger partial charge >= 0.3 is 0 Å². The molecule has 2 unspecified atom stereocenters. The second-order valence-electron chi connectivity index (χ2n) is 3.93. The number of hydrogen-bond acceptors (Lipinski definition) is 3. The molecule has 3 N–H and O–H groups in total. The third-order valence-electron chi connectivity index (χ3n) is 2.83. The van der Waals surface area contributed by atoms with Crippen LogP contribution in [0.4, 0.5) is 0 Å². The average molecular weight is 225 g/mol. The van der Waals surface area contributed by atoms with Gasteiger partial charge in [-0.05, 0) is 38.8 Å². The third kappa shape index (κ3) is 3.32. The average Bonchev–Trinajstić information content (AvgIpc) is 2.67. The van der Waals surface area contributed by atoms with Crippen molar-refractivity contribution in [2.24, 2.45) is 5.73 Å². The summed E-state index contributed by atoms with van der Waals surface area (Å²) in [6.45, 7) is 4.13. The fraction of sp³-hybridized carbons (Fsp3) is 0.545. The maximum Gasteiger partial charge on any atom is 0.108 e. The van der Waals surface area contributed by atoms with E-state index in [1.807, 2.05) is 14.0 Å². The lowest BCUT2D eigenvalue weighted by molar-refractivity contribution is 0.236. The monoisotopic (exact) mass is 225 g/mol. The highest BCUT2D eigenvalue weighted by Gasteiger charge is 2.18. The van der Waals surface area contributed by atoms with Gasteiger partial charge in [0.2, 0.25) is 0 Å². The van der Waals surface area contributed by atoms with Gasteiger partial charge in [-0.15, -0.1) is 11.3 Å². The minimum Gasteiger partial charge on any atom is -0.386 e. The molecule has 0 aliphatic carbocycles. The van der Waals surface area contributed by atoms with Crippen LogP contribution in [-0.4, -0.2) is 29.9 Å². The van der Waals surface area contributed by atoms with E-state index in [4.69, 9.17) is 11.1 Å². The Hall–Kier alpha value is -0.870.